The highest BCUT2D eigenvalue weighted by molar-refractivity contribution is 7.89. The highest BCUT2D eigenvalue weighted by atomic mass is 32.2. The number of tetrazole rings is 1. The Morgan fingerprint density at radius 2 is 1.72 bits per heavy atom. The molecule has 4 aromatic rings. The molecular formula is C25H23N9O4S. The van der Waals surface area contributed by atoms with Crippen LogP contribution in [0.5, 0.6) is 0 Å². The number of primary amides is 1. The predicted molar refractivity (Wildman–Crippen MR) is 141 cm³/mol. The van der Waals surface area contributed by atoms with Gasteiger partial charge in [0.15, 0.2) is 5.41 Å². The molecule has 3 aromatic carbocycles. The van der Waals surface area contributed by atoms with Crippen LogP contribution in [-0.2, 0) is 25.4 Å². The Labute approximate surface area is 222 Å². The molecule has 1 amide bonds. The van der Waals surface area contributed by atoms with Crippen LogP contribution in [0.3, 0.4) is 0 Å². The van der Waals surface area contributed by atoms with Crippen LogP contribution in [0.4, 0.5) is 0 Å². The van der Waals surface area contributed by atoms with Crippen LogP contribution < -0.4 is 16.6 Å². The molecule has 2 heterocycles. The summed E-state index contributed by atoms with van der Waals surface area (Å²) in [5, 5.41) is 29.0. The van der Waals surface area contributed by atoms with E-state index in [1.54, 1.807) is 73.7 Å². The normalized spacial score (nSPS) is 20.7. The molecule has 1 aliphatic rings. The minimum atomic E-state index is -3.99. The van der Waals surface area contributed by atoms with Gasteiger partial charge in [-0.2, -0.15) is 4.68 Å². The smallest absolute Gasteiger partial charge is 0.276 e. The van der Waals surface area contributed by atoms with Gasteiger partial charge in [0, 0.05) is 22.3 Å². The van der Waals surface area contributed by atoms with E-state index in [1.807, 2.05) is 0 Å². The van der Waals surface area contributed by atoms with Gasteiger partial charge in [0.05, 0.1) is 4.90 Å². The number of aromatic nitrogens is 4. The highest BCUT2D eigenvalue weighted by Crippen LogP contribution is 2.51. The largest absolute Gasteiger partial charge is 0.384 e. The molecule has 1 aliphatic heterocycles. The van der Waals surface area contributed by atoms with Crippen molar-refractivity contribution in [2.75, 3.05) is 0 Å². The number of nitrogens with zero attached hydrogens (tertiary/aromatic N) is 5. The number of amidine groups is 1. The van der Waals surface area contributed by atoms with Crippen molar-refractivity contribution in [2.45, 2.75) is 17.5 Å². The SMILES string of the molecule is CC1(C(N)=O)C(c2cccc(C(=N)N)c2)=NOC1(c1ccc(-c2ccccc2S(N)(=O)=O)cc1)n1cnnn1. The van der Waals surface area contributed by atoms with Crippen LogP contribution in [-0.4, -0.2) is 46.1 Å². The highest BCUT2D eigenvalue weighted by Gasteiger charge is 2.66. The van der Waals surface area contributed by atoms with Gasteiger partial charge >= 0.3 is 0 Å². The molecule has 5 rings (SSSR count). The Hall–Kier alpha value is -4.95. The zero-order chi connectivity index (χ0) is 28.0. The van der Waals surface area contributed by atoms with Crippen LogP contribution in [0, 0.1) is 10.8 Å². The van der Waals surface area contributed by atoms with Crippen molar-refractivity contribution < 1.29 is 18.0 Å². The van der Waals surface area contributed by atoms with Crippen molar-refractivity contribution >= 4 is 27.5 Å². The van der Waals surface area contributed by atoms with Gasteiger partial charge in [0.25, 0.3) is 5.72 Å². The maximum Gasteiger partial charge on any atom is 0.276 e. The summed E-state index contributed by atoms with van der Waals surface area (Å²) in [6, 6.07) is 19.5. The molecule has 0 spiro atoms. The van der Waals surface area contributed by atoms with Crippen LogP contribution in [0.15, 0.2) is 89.2 Å². The minimum absolute atomic E-state index is 0.0389. The maximum atomic E-state index is 13.3. The lowest BCUT2D eigenvalue weighted by atomic mass is 9.69. The third kappa shape index (κ3) is 3.93. The van der Waals surface area contributed by atoms with Crippen molar-refractivity contribution in [2.24, 2.45) is 27.2 Å². The quantitative estimate of drug-likeness (QED) is 0.193. The fraction of sp³-hybridized carbons (Fsp3) is 0.120. The number of primary sulfonamides is 1. The molecule has 0 fully saturated rings. The first-order valence-corrected chi connectivity index (χ1v) is 13.0. The van der Waals surface area contributed by atoms with E-state index in [0.29, 0.717) is 27.8 Å². The lowest BCUT2D eigenvalue weighted by Crippen LogP contribution is -2.58. The van der Waals surface area contributed by atoms with Gasteiger partial charge in [-0.25, -0.2) is 13.6 Å². The number of carbonyl (C=O) groups is 1. The lowest BCUT2D eigenvalue weighted by Gasteiger charge is -2.38. The molecular weight excluding hydrogens is 522 g/mol. The molecule has 13 nitrogen and oxygen atoms in total. The van der Waals surface area contributed by atoms with Gasteiger partial charge in [-0.05, 0) is 35.0 Å². The Morgan fingerprint density at radius 3 is 2.33 bits per heavy atom. The summed E-state index contributed by atoms with van der Waals surface area (Å²) < 4.78 is 25.5. The number of oxime groups is 1. The summed E-state index contributed by atoms with van der Waals surface area (Å²) in [4.78, 5) is 19.3. The lowest BCUT2D eigenvalue weighted by molar-refractivity contribution is -0.150. The number of sulfonamides is 1. The summed E-state index contributed by atoms with van der Waals surface area (Å²) in [6.45, 7) is 1.56. The van der Waals surface area contributed by atoms with E-state index >= 15 is 0 Å². The first-order valence-electron chi connectivity index (χ1n) is 11.5. The molecule has 1 aromatic heterocycles. The average molecular weight is 546 g/mol. The fourth-order valence-electron chi connectivity index (χ4n) is 4.79. The molecule has 2 unspecified atom stereocenters. The summed E-state index contributed by atoms with van der Waals surface area (Å²) in [5.74, 6) is -0.953. The number of amides is 1. The first-order chi connectivity index (χ1) is 18.5. The Bertz CT molecular complexity index is 1740. The van der Waals surface area contributed by atoms with Gasteiger partial charge in [0.1, 0.15) is 17.9 Å². The minimum Gasteiger partial charge on any atom is -0.384 e. The van der Waals surface area contributed by atoms with Gasteiger partial charge in [-0.3, -0.25) is 10.2 Å². The fourth-order valence-corrected chi connectivity index (χ4v) is 5.55. The average Bonchev–Trinajstić information content (AvgIpc) is 3.56. The Kier molecular flexibility index (Phi) is 6.00. The molecule has 0 aliphatic carbocycles. The van der Waals surface area contributed by atoms with Gasteiger partial charge < -0.3 is 16.3 Å². The Morgan fingerprint density at radius 1 is 1.00 bits per heavy atom. The van der Waals surface area contributed by atoms with Crippen molar-refractivity contribution in [3.8, 4) is 11.1 Å². The monoisotopic (exact) mass is 545 g/mol. The number of rotatable bonds is 7. The summed E-state index contributed by atoms with van der Waals surface area (Å²) in [7, 11) is -3.99. The van der Waals surface area contributed by atoms with Crippen LogP contribution >= 0.6 is 0 Å². The van der Waals surface area contributed by atoms with Gasteiger partial charge in [-0.1, -0.05) is 65.8 Å². The number of nitrogens with one attached hydrogen (secondary N) is 1. The van der Waals surface area contributed by atoms with Crippen molar-refractivity contribution in [3.05, 3.63) is 95.8 Å². The molecule has 14 heteroatoms. The second kappa shape index (κ2) is 9.11. The number of nitrogens with two attached hydrogens (primary N) is 3. The van der Waals surface area contributed by atoms with E-state index < -0.39 is 27.1 Å². The van der Waals surface area contributed by atoms with E-state index in [0.717, 1.165) is 0 Å². The van der Waals surface area contributed by atoms with Crippen molar-refractivity contribution in [1.29, 1.82) is 5.41 Å². The molecule has 39 heavy (non-hydrogen) atoms. The van der Waals surface area contributed by atoms with E-state index in [-0.39, 0.29) is 16.4 Å². The number of carbonyl (C=O) groups excluding carboxylic acids is 1. The van der Waals surface area contributed by atoms with E-state index in [9.17, 15) is 13.2 Å². The van der Waals surface area contributed by atoms with Crippen molar-refractivity contribution in [1.82, 2.24) is 20.2 Å². The molecule has 0 saturated carbocycles. The van der Waals surface area contributed by atoms with Gasteiger partial charge in [0.2, 0.25) is 15.9 Å². The predicted octanol–water partition coefficient (Wildman–Crippen LogP) is 0.899. The van der Waals surface area contributed by atoms with E-state index in [2.05, 4.69) is 20.7 Å². The third-order valence-electron chi connectivity index (χ3n) is 6.81. The second-order valence-corrected chi connectivity index (χ2v) is 10.6. The zero-order valence-electron chi connectivity index (χ0n) is 20.5. The summed E-state index contributed by atoms with van der Waals surface area (Å²) in [5.41, 5.74) is 10.7. The molecule has 7 N–H and O–H groups in total. The van der Waals surface area contributed by atoms with E-state index in [1.165, 1.54) is 17.1 Å². The number of benzene rings is 3. The van der Waals surface area contributed by atoms with Crippen LogP contribution in [0.2, 0.25) is 0 Å². The first kappa shape index (κ1) is 25.7. The van der Waals surface area contributed by atoms with E-state index in [4.69, 9.17) is 26.9 Å². The second-order valence-electron chi connectivity index (χ2n) is 9.03. The zero-order valence-corrected chi connectivity index (χ0v) is 21.3. The van der Waals surface area contributed by atoms with Crippen LogP contribution in [0.25, 0.3) is 11.1 Å². The van der Waals surface area contributed by atoms with Crippen LogP contribution in [0.1, 0.15) is 23.6 Å². The number of hydrogen-bond acceptors (Lipinski definition) is 9. The molecule has 2 atom stereocenters. The summed E-state index contributed by atoms with van der Waals surface area (Å²) in [6.07, 6.45) is 1.27. The standard InChI is InChI=1S/C25H23N9O4S/c1-24(23(28)35)21(16-5-4-6-17(13-16)22(26)27)31-38-25(24,34-14-30-32-33-34)18-11-9-15(10-12-18)19-7-2-3-8-20(19)39(29,36)37/h2-14H,1H3,(H3,26,27)(H2,28,35)(H2,29,36,37). The number of nitrogen functional groups attached to an aromatic ring is 1. The number of hydrogen-bond donors (Lipinski definition) is 4. The molecule has 0 radical (unpaired) electrons. The molecule has 0 bridgehead atoms. The third-order valence-corrected chi connectivity index (χ3v) is 7.78. The molecule has 198 valence electrons. The topological polar surface area (TPSA) is 218 Å². The van der Waals surface area contributed by atoms with Crippen molar-refractivity contribution in [3.63, 3.8) is 0 Å². The summed E-state index contributed by atoms with van der Waals surface area (Å²) >= 11 is 0. The van der Waals surface area contributed by atoms with Gasteiger partial charge in [-0.15, -0.1) is 5.10 Å². The molecule has 0 saturated heterocycles. The Balaban J connectivity index is 1.69. The maximum absolute atomic E-state index is 13.3.